The summed E-state index contributed by atoms with van der Waals surface area (Å²) in [5.74, 6) is 1.12. The Morgan fingerprint density at radius 1 is 1.10 bits per heavy atom. The fourth-order valence-electron chi connectivity index (χ4n) is 9.42. The van der Waals surface area contributed by atoms with Crippen molar-refractivity contribution < 1.29 is 18.7 Å². The van der Waals surface area contributed by atoms with E-state index in [0.29, 0.717) is 24.4 Å². The van der Waals surface area contributed by atoms with E-state index in [2.05, 4.69) is 32.5 Å². The molecular formula is C32H48FN5O3. The third kappa shape index (κ3) is 5.23. The average Bonchev–Trinajstić information content (AvgIpc) is 3.39. The molecule has 0 bridgehead atoms. The Hall–Kier alpha value is -2.00. The molecule has 5 fully saturated rings. The molecule has 7 rings (SSSR count). The third-order valence-corrected chi connectivity index (χ3v) is 11.6. The zero-order valence-corrected chi connectivity index (χ0v) is 24.6. The SMILES string of the molecule is CN1CCCC1CCNC(=O)C1=CN2C3CC4CCCCC4CC3OC3C(NC4=NCCCC4)C(F)CC(C1=O)C32. The van der Waals surface area contributed by atoms with Gasteiger partial charge in [0, 0.05) is 37.7 Å². The first-order valence-corrected chi connectivity index (χ1v) is 16.6. The van der Waals surface area contributed by atoms with Crippen LogP contribution in [0.1, 0.15) is 83.5 Å². The van der Waals surface area contributed by atoms with E-state index in [0.717, 1.165) is 63.9 Å². The smallest absolute Gasteiger partial charge is 0.256 e. The quantitative estimate of drug-likeness (QED) is 0.494. The van der Waals surface area contributed by atoms with Gasteiger partial charge in [-0.1, -0.05) is 25.7 Å². The number of hydrogen-bond donors (Lipinski definition) is 2. The molecule has 41 heavy (non-hydrogen) atoms. The van der Waals surface area contributed by atoms with Gasteiger partial charge < -0.3 is 25.2 Å². The Kier molecular flexibility index (Phi) is 7.86. The van der Waals surface area contributed by atoms with Crippen molar-refractivity contribution in [1.29, 1.82) is 0 Å². The third-order valence-electron chi connectivity index (χ3n) is 11.6. The van der Waals surface area contributed by atoms with Crippen molar-refractivity contribution in [2.45, 2.75) is 126 Å². The van der Waals surface area contributed by atoms with Crippen LogP contribution in [-0.2, 0) is 14.3 Å². The summed E-state index contributed by atoms with van der Waals surface area (Å²) in [7, 11) is 2.14. The maximum Gasteiger partial charge on any atom is 0.256 e. The number of alkyl halides is 1. The minimum Gasteiger partial charge on any atom is -0.368 e. The number of fused-ring (bicyclic) bond motifs is 3. The number of ether oxygens (including phenoxy) is 1. The Bertz CT molecular complexity index is 1080. The summed E-state index contributed by atoms with van der Waals surface area (Å²) in [6.07, 6.45) is 13.6. The number of Topliss-reactive ketones (excluding diaryl/α,β-unsaturated/α-hetero) is 1. The number of rotatable bonds is 5. The topological polar surface area (TPSA) is 86.3 Å². The number of amides is 1. The van der Waals surface area contributed by atoms with E-state index < -0.39 is 24.2 Å². The molecule has 0 aromatic rings. The van der Waals surface area contributed by atoms with Gasteiger partial charge in [-0.25, -0.2) is 4.39 Å². The van der Waals surface area contributed by atoms with Crippen LogP contribution in [0, 0.1) is 17.8 Å². The molecule has 10 unspecified atom stereocenters. The van der Waals surface area contributed by atoms with Gasteiger partial charge in [-0.3, -0.25) is 14.6 Å². The highest BCUT2D eigenvalue weighted by molar-refractivity contribution is 6.20. The number of hydrogen-bond acceptors (Lipinski definition) is 7. The van der Waals surface area contributed by atoms with Crippen LogP contribution in [0.25, 0.3) is 0 Å². The van der Waals surface area contributed by atoms with E-state index in [1.54, 1.807) is 0 Å². The summed E-state index contributed by atoms with van der Waals surface area (Å²) in [5.41, 5.74) is 0.214. The van der Waals surface area contributed by atoms with Crippen LogP contribution in [-0.4, -0.2) is 96.6 Å². The van der Waals surface area contributed by atoms with Gasteiger partial charge in [0.05, 0.1) is 35.6 Å². The van der Waals surface area contributed by atoms with Crippen LogP contribution < -0.4 is 10.6 Å². The molecule has 2 N–H and O–H groups in total. The van der Waals surface area contributed by atoms with Crippen LogP contribution >= 0.6 is 0 Å². The molecule has 0 spiro atoms. The zero-order chi connectivity index (χ0) is 28.1. The predicted octanol–water partition coefficient (Wildman–Crippen LogP) is 3.36. The second-order valence-corrected chi connectivity index (χ2v) is 14.0. The maximum absolute atomic E-state index is 16.1. The summed E-state index contributed by atoms with van der Waals surface area (Å²) in [6.45, 7) is 2.43. The van der Waals surface area contributed by atoms with E-state index >= 15 is 4.39 Å². The lowest BCUT2D eigenvalue weighted by Gasteiger charge is -2.61. The highest BCUT2D eigenvalue weighted by Crippen LogP contribution is 2.50. The van der Waals surface area contributed by atoms with Gasteiger partial charge in [0.25, 0.3) is 5.91 Å². The van der Waals surface area contributed by atoms with Gasteiger partial charge in [0.15, 0.2) is 5.78 Å². The average molecular weight is 570 g/mol. The lowest BCUT2D eigenvalue weighted by molar-refractivity contribution is -0.206. The molecule has 4 aliphatic heterocycles. The van der Waals surface area contributed by atoms with Crippen molar-refractivity contribution in [3.63, 3.8) is 0 Å². The van der Waals surface area contributed by atoms with Crippen LogP contribution in [0.15, 0.2) is 16.8 Å². The van der Waals surface area contributed by atoms with Gasteiger partial charge >= 0.3 is 0 Å². The molecular weight excluding hydrogens is 521 g/mol. The number of carbonyl (C=O) groups excluding carboxylic acids is 2. The molecule has 0 aromatic carbocycles. The van der Waals surface area contributed by atoms with E-state index in [9.17, 15) is 9.59 Å². The summed E-state index contributed by atoms with van der Waals surface area (Å²) in [4.78, 5) is 36.7. The number of aliphatic imine (C=N–C) groups is 1. The number of carbonyl (C=O) groups is 2. The van der Waals surface area contributed by atoms with Gasteiger partial charge in [0.2, 0.25) is 0 Å². The summed E-state index contributed by atoms with van der Waals surface area (Å²) >= 11 is 0. The zero-order valence-electron chi connectivity index (χ0n) is 24.6. The molecule has 3 aliphatic carbocycles. The Labute approximate surface area is 243 Å². The first kappa shape index (κ1) is 27.8. The number of ketones is 1. The molecule has 2 saturated heterocycles. The minimum absolute atomic E-state index is 0.00851. The number of halogens is 1. The molecule has 9 heteroatoms. The van der Waals surface area contributed by atoms with Crippen molar-refractivity contribution in [1.82, 2.24) is 20.4 Å². The van der Waals surface area contributed by atoms with E-state index in [1.165, 1.54) is 32.1 Å². The molecule has 10 atom stereocenters. The van der Waals surface area contributed by atoms with Gasteiger partial charge in [-0.05, 0) is 76.8 Å². The number of morpholine rings is 1. The summed E-state index contributed by atoms with van der Waals surface area (Å²) < 4.78 is 23.0. The fourth-order valence-corrected chi connectivity index (χ4v) is 9.42. The standard InChI is InChI=1S/C32H48FN5O3/c1-37-14-6-9-21(37)11-13-35-32(40)23-18-38-25-15-19-7-2-3-8-20(19)16-26(25)41-31-28(36-27-10-4-5-12-34-27)24(33)17-22(29(31)38)30(23)39/h18-22,24-26,28-29,31H,2-17H2,1H3,(H,34,36)(H,35,40). The van der Waals surface area contributed by atoms with Crippen molar-refractivity contribution in [3.05, 3.63) is 11.8 Å². The molecule has 7 aliphatic rings. The second-order valence-electron chi connectivity index (χ2n) is 14.0. The lowest BCUT2D eigenvalue weighted by atomic mass is 9.65. The monoisotopic (exact) mass is 569 g/mol. The molecule has 0 radical (unpaired) electrons. The first-order chi connectivity index (χ1) is 20.0. The van der Waals surface area contributed by atoms with Crippen LogP contribution in [0.4, 0.5) is 4.39 Å². The van der Waals surface area contributed by atoms with Crippen LogP contribution in [0.5, 0.6) is 0 Å². The Morgan fingerprint density at radius 3 is 2.68 bits per heavy atom. The van der Waals surface area contributed by atoms with Crippen molar-refractivity contribution >= 4 is 17.5 Å². The second kappa shape index (κ2) is 11.6. The normalized spacial score (nSPS) is 42.4. The first-order valence-electron chi connectivity index (χ1n) is 16.6. The molecule has 226 valence electrons. The molecule has 4 heterocycles. The predicted molar refractivity (Wildman–Crippen MR) is 155 cm³/mol. The highest BCUT2D eigenvalue weighted by atomic mass is 19.1. The van der Waals surface area contributed by atoms with Crippen molar-refractivity contribution in [2.75, 3.05) is 26.7 Å². The molecule has 1 amide bonds. The highest BCUT2D eigenvalue weighted by Gasteiger charge is 2.59. The summed E-state index contributed by atoms with van der Waals surface area (Å²) in [5, 5.41) is 6.52. The Morgan fingerprint density at radius 2 is 1.93 bits per heavy atom. The molecule has 3 saturated carbocycles. The Balaban J connectivity index is 1.16. The number of nitrogens with zero attached hydrogens (tertiary/aromatic N) is 3. The maximum atomic E-state index is 16.1. The fraction of sp³-hybridized carbons (Fsp3) is 0.844. The number of likely N-dealkylation sites (tertiary alicyclic amines) is 1. The van der Waals surface area contributed by atoms with Crippen molar-refractivity contribution in [3.8, 4) is 0 Å². The van der Waals surface area contributed by atoms with Crippen LogP contribution in [0.3, 0.4) is 0 Å². The number of amidine groups is 1. The van der Waals surface area contributed by atoms with E-state index in [-0.39, 0.29) is 41.9 Å². The minimum atomic E-state index is -1.24. The lowest BCUT2D eigenvalue weighted by Crippen LogP contribution is -2.73. The van der Waals surface area contributed by atoms with E-state index in [1.807, 2.05) is 6.20 Å². The number of nitrogens with one attached hydrogen (secondary N) is 2. The molecule has 0 aromatic heterocycles. The van der Waals surface area contributed by atoms with Gasteiger partial charge in [-0.15, -0.1) is 0 Å². The van der Waals surface area contributed by atoms with Gasteiger partial charge in [0.1, 0.15) is 12.3 Å². The largest absolute Gasteiger partial charge is 0.368 e. The summed E-state index contributed by atoms with van der Waals surface area (Å²) in [6, 6.07) is -0.169. The molecule has 8 nitrogen and oxygen atoms in total. The van der Waals surface area contributed by atoms with Crippen LogP contribution in [0.2, 0.25) is 0 Å². The van der Waals surface area contributed by atoms with Gasteiger partial charge in [-0.2, -0.15) is 0 Å². The van der Waals surface area contributed by atoms with E-state index in [4.69, 9.17) is 4.74 Å². The van der Waals surface area contributed by atoms with Crippen molar-refractivity contribution in [2.24, 2.45) is 22.7 Å².